The van der Waals surface area contributed by atoms with Gasteiger partial charge in [0.1, 0.15) is 6.10 Å². The average Bonchev–Trinajstić information content (AvgIpc) is 1.97. The van der Waals surface area contributed by atoms with Gasteiger partial charge in [-0.05, 0) is 19.8 Å². The Hall–Kier alpha value is -0.610. The van der Waals surface area contributed by atoms with E-state index in [2.05, 4.69) is 4.74 Å². The molecule has 1 atom stereocenters. The average molecular weight is 162 g/mol. The zero-order valence-corrected chi connectivity index (χ0v) is 6.62. The standard InChI is InChI=1S/C7H14O4/c1-6(9)7(10)11-5-3-2-4-8/h6,8-9H,2-5H2,1H3. The highest BCUT2D eigenvalue weighted by molar-refractivity contribution is 5.73. The first-order chi connectivity index (χ1) is 5.18. The van der Waals surface area contributed by atoms with Crippen molar-refractivity contribution in [2.24, 2.45) is 0 Å². The fourth-order valence-electron chi connectivity index (χ4n) is 0.507. The van der Waals surface area contributed by atoms with Crippen LogP contribution in [0.15, 0.2) is 0 Å². The topological polar surface area (TPSA) is 66.8 Å². The van der Waals surface area contributed by atoms with Gasteiger partial charge in [-0.1, -0.05) is 0 Å². The molecule has 1 unspecified atom stereocenters. The lowest BCUT2D eigenvalue weighted by atomic mass is 10.3. The molecule has 0 saturated heterocycles. The molecule has 4 heteroatoms. The molecule has 0 heterocycles. The second kappa shape index (κ2) is 6.12. The van der Waals surface area contributed by atoms with E-state index in [9.17, 15) is 4.79 Å². The van der Waals surface area contributed by atoms with Crippen LogP contribution in [-0.4, -0.2) is 35.5 Å². The van der Waals surface area contributed by atoms with Gasteiger partial charge in [-0.25, -0.2) is 4.79 Å². The van der Waals surface area contributed by atoms with E-state index in [-0.39, 0.29) is 13.2 Å². The molecular formula is C7H14O4. The SMILES string of the molecule is CC(O)C(=O)OCCCCO. The number of hydrogen-bond acceptors (Lipinski definition) is 4. The molecule has 0 radical (unpaired) electrons. The summed E-state index contributed by atoms with van der Waals surface area (Å²) in [7, 11) is 0. The van der Waals surface area contributed by atoms with Crippen LogP contribution in [0.3, 0.4) is 0 Å². The third kappa shape index (κ3) is 5.82. The van der Waals surface area contributed by atoms with Crippen LogP contribution >= 0.6 is 0 Å². The first-order valence-corrected chi connectivity index (χ1v) is 3.64. The van der Waals surface area contributed by atoms with Crippen molar-refractivity contribution >= 4 is 5.97 Å². The summed E-state index contributed by atoms with van der Waals surface area (Å²) in [5.41, 5.74) is 0. The quantitative estimate of drug-likeness (QED) is 0.429. The molecule has 0 fully saturated rings. The smallest absolute Gasteiger partial charge is 0.334 e. The number of rotatable bonds is 5. The maximum atomic E-state index is 10.6. The second-order valence-corrected chi connectivity index (χ2v) is 2.27. The summed E-state index contributed by atoms with van der Waals surface area (Å²) in [5, 5.41) is 17.0. The highest BCUT2D eigenvalue weighted by Gasteiger charge is 2.08. The van der Waals surface area contributed by atoms with Gasteiger partial charge in [-0.2, -0.15) is 0 Å². The van der Waals surface area contributed by atoms with Crippen molar-refractivity contribution in [2.45, 2.75) is 25.9 Å². The zero-order chi connectivity index (χ0) is 8.69. The van der Waals surface area contributed by atoms with Crippen LogP contribution < -0.4 is 0 Å². The number of ether oxygens (including phenoxy) is 1. The molecule has 0 aliphatic heterocycles. The number of esters is 1. The molecule has 4 nitrogen and oxygen atoms in total. The van der Waals surface area contributed by atoms with Gasteiger partial charge in [-0.15, -0.1) is 0 Å². The van der Waals surface area contributed by atoms with E-state index in [0.717, 1.165) is 0 Å². The minimum atomic E-state index is -1.05. The predicted molar refractivity (Wildman–Crippen MR) is 39.0 cm³/mol. The Bertz CT molecular complexity index is 111. The van der Waals surface area contributed by atoms with Crippen LogP contribution in [0, 0.1) is 0 Å². The summed E-state index contributed by atoms with van der Waals surface area (Å²) in [6.07, 6.45) is 0.200. The molecule has 0 aromatic heterocycles. The van der Waals surface area contributed by atoms with Gasteiger partial charge < -0.3 is 14.9 Å². The lowest BCUT2D eigenvalue weighted by molar-refractivity contribution is -0.152. The number of aliphatic hydroxyl groups is 2. The normalized spacial score (nSPS) is 12.6. The van der Waals surface area contributed by atoms with Gasteiger partial charge in [0.2, 0.25) is 0 Å². The molecule has 0 bridgehead atoms. The number of unbranched alkanes of at least 4 members (excludes halogenated alkanes) is 1. The van der Waals surface area contributed by atoms with Crippen molar-refractivity contribution in [3.63, 3.8) is 0 Å². The van der Waals surface area contributed by atoms with Crippen LogP contribution in [0.5, 0.6) is 0 Å². The van der Waals surface area contributed by atoms with Crippen molar-refractivity contribution in [1.29, 1.82) is 0 Å². The van der Waals surface area contributed by atoms with Gasteiger partial charge in [0.15, 0.2) is 0 Å². The Labute approximate surface area is 65.8 Å². The van der Waals surface area contributed by atoms with E-state index in [1.54, 1.807) is 0 Å². The van der Waals surface area contributed by atoms with Gasteiger partial charge >= 0.3 is 5.97 Å². The lowest BCUT2D eigenvalue weighted by Crippen LogP contribution is -2.19. The zero-order valence-electron chi connectivity index (χ0n) is 6.62. The first-order valence-electron chi connectivity index (χ1n) is 3.64. The minimum Gasteiger partial charge on any atom is -0.464 e. The number of carbonyl (C=O) groups is 1. The molecule has 0 saturated carbocycles. The third-order valence-corrected chi connectivity index (χ3v) is 1.14. The minimum absolute atomic E-state index is 0.103. The van der Waals surface area contributed by atoms with Gasteiger partial charge in [0, 0.05) is 6.61 Å². The van der Waals surface area contributed by atoms with Gasteiger partial charge in [0.05, 0.1) is 6.61 Å². The highest BCUT2D eigenvalue weighted by atomic mass is 16.5. The molecular weight excluding hydrogens is 148 g/mol. The van der Waals surface area contributed by atoms with Crippen molar-refractivity contribution in [3.8, 4) is 0 Å². The molecule has 0 aromatic rings. The predicted octanol–water partition coefficient (Wildman–Crippen LogP) is -0.317. The maximum Gasteiger partial charge on any atom is 0.334 e. The van der Waals surface area contributed by atoms with Gasteiger partial charge in [0.25, 0.3) is 0 Å². The molecule has 0 aliphatic rings. The Morgan fingerprint density at radius 2 is 2.18 bits per heavy atom. The summed E-state index contributed by atoms with van der Waals surface area (Å²) in [6.45, 7) is 1.73. The molecule has 0 amide bonds. The summed E-state index contributed by atoms with van der Waals surface area (Å²) in [6, 6.07) is 0. The highest BCUT2D eigenvalue weighted by Crippen LogP contribution is 1.91. The van der Waals surface area contributed by atoms with Crippen LogP contribution in [0.1, 0.15) is 19.8 Å². The summed E-state index contributed by atoms with van der Waals surface area (Å²) >= 11 is 0. The van der Waals surface area contributed by atoms with E-state index in [0.29, 0.717) is 12.8 Å². The molecule has 0 spiro atoms. The monoisotopic (exact) mass is 162 g/mol. The van der Waals surface area contributed by atoms with Crippen molar-refractivity contribution in [3.05, 3.63) is 0 Å². The Morgan fingerprint density at radius 1 is 1.55 bits per heavy atom. The molecule has 11 heavy (non-hydrogen) atoms. The van der Waals surface area contributed by atoms with Crippen LogP contribution in [0.25, 0.3) is 0 Å². The summed E-state index contributed by atoms with van der Waals surface area (Å²) < 4.78 is 4.61. The summed E-state index contributed by atoms with van der Waals surface area (Å²) in [5.74, 6) is -0.608. The van der Waals surface area contributed by atoms with Crippen molar-refractivity contribution < 1.29 is 19.7 Å². The van der Waals surface area contributed by atoms with E-state index in [1.807, 2.05) is 0 Å². The number of carbonyl (C=O) groups excluding carboxylic acids is 1. The Morgan fingerprint density at radius 3 is 2.64 bits per heavy atom. The van der Waals surface area contributed by atoms with E-state index >= 15 is 0 Å². The van der Waals surface area contributed by atoms with Crippen LogP contribution in [0.4, 0.5) is 0 Å². The largest absolute Gasteiger partial charge is 0.464 e. The molecule has 0 aliphatic carbocycles. The Balaban J connectivity index is 3.18. The lowest BCUT2D eigenvalue weighted by Gasteiger charge is -2.04. The molecule has 66 valence electrons. The number of aliphatic hydroxyl groups excluding tert-OH is 2. The van der Waals surface area contributed by atoms with Crippen molar-refractivity contribution in [2.75, 3.05) is 13.2 Å². The first kappa shape index (κ1) is 10.4. The van der Waals surface area contributed by atoms with E-state index in [1.165, 1.54) is 6.92 Å². The Kier molecular flexibility index (Phi) is 5.78. The number of hydrogen-bond donors (Lipinski definition) is 2. The molecule has 2 N–H and O–H groups in total. The van der Waals surface area contributed by atoms with Crippen LogP contribution in [-0.2, 0) is 9.53 Å². The third-order valence-electron chi connectivity index (χ3n) is 1.14. The van der Waals surface area contributed by atoms with Gasteiger partial charge in [-0.3, -0.25) is 0 Å². The maximum absolute atomic E-state index is 10.6. The molecule has 0 aromatic carbocycles. The fourth-order valence-corrected chi connectivity index (χ4v) is 0.507. The van der Waals surface area contributed by atoms with E-state index in [4.69, 9.17) is 10.2 Å². The van der Waals surface area contributed by atoms with E-state index < -0.39 is 12.1 Å². The molecule has 0 rings (SSSR count). The summed E-state index contributed by atoms with van der Waals surface area (Å²) in [4.78, 5) is 10.6. The van der Waals surface area contributed by atoms with Crippen LogP contribution in [0.2, 0.25) is 0 Å². The fraction of sp³-hybridized carbons (Fsp3) is 0.857. The van der Waals surface area contributed by atoms with Crippen molar-refractivity contribution in [1.82, 2.24) is 0 Å². The second-order valence-electron chi connectivity index (χ2n) is 2.27.